The molecule has 0 aliphatic rings. The van der Waals surface area contributed by atoms with Gasteiger partial charge in [0.25, 0.3) is 0 Å². The molecule has 0 atom stereocenters. The zero-order chi connectivity index (χ0) is 14.1. The number of ether oxygens (including phenoxy) is 1. The van der Waals surface area contributed by atoms with Crippen LogP contribution < -0.4 is 4.74 Å². The van der Waals surface area contributed by atoms with E-state index in [0.29, 0.717) is 17.4 Å². The molecule has 1 aromatic carbocycles. The van der Waals surface area contributed by atoms with Crippen LogP contribution >= 0.6 is 11.6 Å². The van der Waals surface area contributed by atoms with Gasteiger partial charge in [0.2, 0.25) is 0 Å². The number of halogens is 1. The number of nitrogens with zero attached hydrogens (tertiary/aromatic N) is 3. The standard InChI is InChI=1S/C15H14ClN3O/c1-10-6-13(16)14(7-11(10)2)20-8-12-4-3-5-15-17-9-18-19(12)15/h3-7,9H,8H2,1-2H3. The molecule has 0 amide bonds. The first-order valence-electron chi connectivity index (χ1n) is 6.32. The second-order valence-corrected chi connectivity index (χ2v) is 5.11. The third kappa shape index (κ3) is 2.34. The predicted molar refractivity (Wildman–Crippen MR) is 78.2 cm³/mol. The second kappa shape index (κ2) is 5.13. The van der Waals surface area contributed by atoms with Gasteiger partial charge in [-0.05, 0) is 49.2 Å². The Morgan fingerprint density at radius 3 is 2.85 bits per heavy atom. The smallest absolute Gasteiger partial charge is 0.155 e. The first-order chi connectivity index (χ1) is 9.65. The lowest BCUT2D eigenvalue weighted by Crippen LogP contribution is -2.04. The summed E-state index contributed by atoms with van der Waals surface area (Å²) in [6, 6.07) is 9.67. The summed E-state index contributed by atoms with van der Waals surface area (Å²) >= 11 is 6.21. The van der Waals surface area contributed by atoms with Crippen LogP contribution in [-0.4, -0.2) is 14.6 Å². The molecule has 0 saturated carbocycles. The minimum absolute atomic E-state index is 0.392. The van der Waals surface area contributed by atoms with Crippen molar-refractivity contribution in [1.29, 1.82) is 0 Å². The van der Waals surface area contributed by atoms with Crippen LogP contribution in [0.1, 0.15) is 16.8 Å². The molecular formula is C15H14ClN3O. The lowest BCUT2D eigenvalue weighted by molar-refractivity contribution is 0.298. The Morgan fingerprint density at radius 2 is 2.00 bits per heavy atom. The highest BCUT2D eigenvalue weighted by Gasteiger charge is 2.07. The van der Waals surface area contributed by atoms with Crippen molar-refractivity contribution in [3.63, 3.8) is 0 Å². The van der Waals surface area contributed by atoms with E-state index in [0.717, 1.165) is 22.5 Å². The van der Waals surface area contributed by atoms with Crippen molar-refractivity contribution >= 4 is 17.2 Å². The van der Waals surface area contributed by atoms with Gasteiger partial charge in [-0.25, -0.2) is 9.50 Å². The molecule has 3 rings (SSSR count). The highest BCUT2D eigenvalue weighted by Crippen LogP contribution is 2.28. The summed E-state index contributed by atoms with van der Waals surface area (Å²) < 4.78 is 7.57. The Labute approximate surface area is 122 Å². The number of fused-ring (bicyclic) bond motifs is 1. The number of hydrogen-bond acceptors (Lipinski definition) is 3. The number of hydrogen-bond donors (Lipinski definition) is 0. The summed E-state index contributed by atoms with van der Waals surface area (Å²) in [5.41, 5.74) is 4.04. The van der Waals surface area contributed by atoms with Gasteiger partial charge in [0.1, 0.15) is 18.7 Å². The van der Waals surface area contributed by atoms with Gasteiger partial charge in [-0.15, -0.1) is 0 Å². The Balaban J connectivity index is 1.86. The van der Waals surface area contributed by atoms with Gasteiger partial charge in [0.05, 0.1) is 10.7 Å². The van der Waals surface area contributed by atoms with Crippen LogP contribution in [0.4, 0.5) is 0 Å². The molecule has 0 fully saturated rings. The number of pyridine rings is 1. The van der Waals surface area contributed by atoms with E-state index in [9.17, 15) is 0 Å². The molecule has 2 aromatic heterocycles. The van der Waals surface area contributed by atoms with E-state index in [2.05, 4.69) is 10.1 Å². The molecule has 0 bridgehead atoms. The summed E-state index contributed by atoms with van der Waals surface area (Å²) in [6.07, 6.45) is 1.53. The van der Waals surface area contributed by atoms with Gasteiger partial charge in [0.15, 0.2) is 5.65 Å². The topological polar surface area (TPSA) is 39.4 Å². The fourth-order valence-electron chi connectivity index (χ4n) is 2.03. The van der Waals surface area contributed by atoms with Crippen LogP contribution in [-0.2, 0) is 6.61 Å². The second-order valence-electron chi connectivity index (χ2n) is 4.70. The maximum absolute atomic E-state index is 6.21. The fourth-order valence-corrected chi connectivity index (χ4v) is 2.30. The van der Waals surface area contributed by atoms with E-state index in [1.807, 2.05) is 44.2 Å². The van der Waals surface area contributed by atoms with E-state index in [1.165, 1.54) is 6.33 Å². The van der Waals surface area contributed by atoms with Crippen LogP contribution in [0.25, 0.3) is 5.65 Å². The molecule has 0 N–H and O–H groups in total. The van der Waals surface area contributed by atoms with E-state index in [4.69, 9.17) is 16.3 Å². The van der Waals surface area contributed by atoms with Gasteiger partial charge in [-0.2, -0.15) is 5.10 Å². The number of rotatable bonds is 3. The van der Waals surface area contributed by atoms with Gasteiger partial charge < -0.3 is 4.74 Å². The molecule has 2 heterocycles. The van der Waals surface area contributed by atoms with Crippen molar-refractivity contribution in [2.24, 2.45) is 0 Å². The maximum Gasteiger partial charge on any atom is 0.155 e. The van der Waals surface area contributed by atoms with Crippen molar-refractivity contribution < 1.29 is 4.74 Å². The zero-order valence-corrected chi connectivity index (χ0v) is 12.1. The molecule has 0 aliphatic carbocycles. The fraction of sp³-hybridized carbons (Fsp3) is 0.200. The van der Waals surface area contributed by atoms with Crippen LogP contribution in [0.5, 0.6) is 5.75 Å². The minimum atomic E-state index is 0.392. The van der Waals surface area contributed by atoms with Crippen molar-refractivity contribution in [3.05, 3.63) is 58.5 Å². The largest absolute Gasteiger partial charge is 0.486 e. The molecule has 5 heteroatoms. The molecule has 102 valence electrons. The summed E-state index contributed by atoms with van der Waals surface area (Å²) in [7, 11) is 0. The van der Waals surface area contributed by atoms with E-state index >= 15 is 0 Å². The number of aromatic nitrogens is 3. The van der Waals surface area contributed by atoms with Crippen molar-refractivity contribution in [3.8, 4) is 5.75 Å². The lowest BCUT2D eigenvalue weighted by Gasteiger charge is -2.11. The molecule has 3 aromatic rings. The molecular weight excluding hydrogens is 274 g/mol. The van der Waals surface area contributed by atoms with Gasteiger partial charge in [-0.3, -0.25) is 0 Å². The van der Waals surface area contributed by atoms with Crippen molar-refractivity contribution in [2.45, 2.75) is 20.5 Å². The molecule has 0 radical (unpaired) electrons. The average molecular weight is 288 g/mol. The lowest BCUT2D eigenvalue weighted by atomic mass is 10.1. The zero-order valence-electron chi connectivity index (χ0n) is 11.3. The van der Waals surface area contributed by atoms with Crippen LogP contribution in [0.2, 0.25) is 5.02 Å². The highest BCUT2D eigenvalue weighted by atomic mass is 35.5. The quantitative estimate of drug-likeness (QED) is 0.739. The first-order valence-corrected chi connectivity index (χ1v) is 6.70. The molecule has 20 heavy (non-hydrogen) atoms. The summed E-state index contributed by atoms with van der Waals surface area (Å²) in [5.74, 6) is 0.687. The Bertz CT molecular complexity index is 767. The molecule has 0 unspecified atom stereocenters. The highest BCUT2D eigenvalue weighted by molar-refractivity contribution is 6.32. The molecule has 0 spiro atoms. The monoisotopic (exact) mass is 287 g/mol. The number of aryl methyl sites for hydroxylation is 2. The molecule has 0 aliphatic heterocycles. The molecule has 4 nitrogen and oxygen atoms in total. The van der Waals surface area contributed by atoms with Gasteiger partial charge in [0, 0.05) is 0 Å². The summed E-state index contributed by atoms with van der Waals surface area (Å²) in [4.78, 5) is 4.15. The van der Waals surface area contributed by atoms with Crippen molar-refractivity contribution in [1.82, 2.24) is 14.6 Å². The van der Waals surface area contributed by atoms with E-state index in [1.54, 1.807) is 4.52 Å². The third-order valence-electron chi connectivity index (χ3n) is 3.30. The van der Waals surface area contributed by atoms with E-state index < -0.39 is 0 Å². The average Bonchev–Trinajstić information content (AvgIpc) is 2.90. The Hall–Kier alpha value is -2.07. The first kappa shape index (κ1) is 12.9. The minimum Gasteiger partial charge on any atom is -0.486 e. The van der Waals surface area contributed by atoms with Crippen LogP contribution in [0, 0.1) is 13.8 Å². The van der Waals surface area contributed by atoms with Crippen LogP contribution in [0.3, 0.4) is 0 Å². The maximum atomic E-state index is 6.21. The molecule has 0 saturated heterocycles. The number of benzene rings is 1. The Kier molecular flexibility index (Phi) is 3.32. The summed E-state index contributed by atoms with van der Waals surface area (Å²) in [6.45, 7) is 4.46. The summed E-state index contributed by atoms with van der Waals surface area (Å²) in [5, 5.41) is 4.80. The normalized spacial score (nSPS) is 10.9. The Morgan fingerprint density at radius 1 is 1.20 bits per heavy atom. The van der Waals surface area contributed by atoms with Crippen LogP contribution in [0.15, 0.2) is 36.7 Å². The van der Waals surface area contributed by atoms with Gasteiger partial charge in [-0.1, -0.05) is 17.7 Å². The third-order valence-corrected chi connectivity index (χ3v) is 3.60. The predicted octanol–water partition coefficient (Wildman–Crippen LogP) is 3.58. The van der Waals surface area contributed by atoms with E-state index in [-0.39, 0.29) is 0 Å². The van der Waals surface area contributed by atoms with Gasteiger partial charge >= 0.3 is 0 Å². The SMILES string of the molecule is Cc1cc(Cl)c(OCc2cccc3ncnn23)cc1C. The van der Waals surface area contributed by atoms with Crippen molar-refractivity contribution in [2.75, 3.05) is 0 Å².